The molecule has 2 N–H and O–H groups in total. The third-order valence-corrected chi connectivity index (χ3v) is 4.67. The third-order valence-electron chi connectivity index (χ3n) is 1.70. The predicted octanol–water partition coefficient (Wildman–Crippen LogP) is 3.38. The predicted molar refractivity (Wildman–Crippen MR) is 66.2 cm³/mol. The Morgan fingerprint density at radius 2 is 2.17 bits per heavy atom. The van der Waals surface area contributed by atoms with Crippen molar-refractivity contribution in [2.45, 2.75) is 4.90 Å². The van der Waals surface area contributed by atoms with Gasteiger partial charge in [0.2, 0.25) is 0 Å². The summed E-state index contributed by atoms with van der Waals surface area (Å²) in [5.41, 5.74) is 6.62. The van der Waals surface area contributed by atoms with Gasteiger partial charge < -0.3 is 5.73 Å². The molecular weight excluding hydrogens is 301 g/mol. The zero-order valence-electron chi connectivity index (χ0n) is 6.04. The summed E-state index contributed by atoms with van der Waals surface area (Å²) in [7, 11) is 0. The molecule has 2 aromatic rings. The second kappa shape index (κ2) is 3.08. The van der Waals surface area contributed by atoms with Crippen molar-refractivity contribution in [3.8, 4) is 0 Å². The second-order valence-electron chi connectivity index (χ2n) is 2.46. The van der Waals surface area contributed by atoms with E-state index in [2.05, 4.69) is 35.2 Å². The molecule has 0 fully saturated rings. The Kier molecular flexibility index (Phi) is 2.22. The first-order chi connectivity index (χ1) is 5.70. The van der Waals surface area contributed by atoms with Gasteiger partial charge in [-0.05, 0) is 28.7 Å². The minimum absolute atomic E-state index is 0.849. The van der Waals surface area contributed by atoms with Crippen LogP contribution in [-0.2, 0) is 0 Å². The van der Waals surface area contributed by atoms with E-state index in [0.717, 1.165) is 16.0 Å². The number of anilines is 1. The van der Waals surface area contributed by atoms with E-state index in [-0.39, 0.29) is 0 Å². The molecule has 62 valence electrons. The van der Waals surface area contributed by atoms with Crippen LogP contribution in [0.1, 0.15) is 0 Å². The Bertz CT molecular complexity index is 436. The van der Waals surface area contributed by atoms with Gasteiger partial charge in [0.1, 0.15) is 0 Å². The Balaban J connectivity index is 2.93. The molecule has 1 heterocycles. The van der Waals surface area contributed by atoms with Gasteiger partial charge in [-0.25, -0.2) is 0 Å². The number of fused-ring (bicyclic) bond motifs is 1. The quantitative estimate of drug-likeness (QED) is 0.566. The maximum atomic E-state index is 5.77. The molecule has 12 heavy (non-hydrogen) atoms. The molecule has 0 radical (unpaired) electrons. The maximum absolute atomic E-state index is 5.77. The normalized spacial score (nSPS) is 10.8. The van der Waals surface area contributed by atoms with E-state index in [0.29, 0.717) is 0 Å². The van der Waals surface area contributed by atoms with Crippen molar-refractivity contribution in [3.63, 3.8) is 0 Å². The summed E-state index contributed by atoms with van der Waals surface area (Å²) < 4.78 is 2.35. The Morgan fingerprint density at radius 1 is 1.42 bits per heavy atom. The molecule has 2 rings (SSSR count). The summed E-state index contributed by atoms with van der Waals surface area (Å²) in [5.74, 6) is 0. The summed E-state index contributed by atoms with van der Waals surface area (Å²) in [5, 5.41) is 3.07. The minimum atomic E-state index is 0.849. The number of hydrogen-bond donors (Lipinski definition) is 2. The molecule has 0 aliphatic carbocycles. The van der Waals surface area contributed by atoms with Gasteiger partial charge in [-0.15, -0.1) is 24.0 Å². The van der Waals surface area contributed by atoms with Gasteiger partial charge in [0, 0.05) is 19.2 Å². The first-order valence-electron chi connectivity index (χ1n) is 3.34. The van der Waals surface area contributed by atoms with E-state index in [9.17, 15) is 0 Å². The van der Waals surface area contributed by atoms with Crippen LogP contribution in [0.25, 0.3) is 10.1 Å². The molecule has 0 saturated heterocycles. The van der Waals surface area contributed by atoms with E-state index in [1.54, 1.807) is 11.3 Å². The van der Waals surface area contributed by atoms with E-state index in [1.807, 2.05) is 17.5 Å². The summed E-state index contributed by atoms with van der Waals surface area (Å²) in [6.07, 6.45) is 0. The topological polar surface area (TPSA) is 26.0 Å². The monoisotopic (exact) mass is 307 g/mol. The number of thiol groups is 1. The Labute approximate surface area is 93.5 Å². The van der Waals surface area contributed by atoms with Gasteiger partial charge in [-0.2, -0.15) is 0 Å². The van der Waals surface area contributed by atoms with Gasteiger partial charge >= 0.3 is 0 Å². The summed E-state index contributed by atoms with van der Waals surface area (Å²) in [6.45, 7) is 0. The Hall–Kier alpha value is 0.0600. The minimum Gasteiger partial charge on any atom is -0.398 e. The molecule has 1 aromatic carbocycles. The smallest absolute Gasteiger partial charge is 0.0508 e. The van der Waals surface area contributed by atoms with E-state index in [4.69, 9.17) is 5.73 Å². The molecule has 0 amide bonds. The molecule has 0 atom stereocenters. The van der Waals surface area contributed by atoms with Crippen LogP contribution >= 0.6 is 46.6 Å². The fourth-order valence-electron chi connectivity index (χ4n) is 1.08. The molecule has 0 aliphatic rings. The lowest BCUT2D eigenvalue weighted by Gasteiger charge is -1.98. The van der Waals surface area contributed by atoms with Crippen molar-refractivity contribution in [2.24, 2.45) is 0 Å². The number of thiophene rings is 1. The van der Waals surface area contributed by atoms with Crippen LogP contribution in [0.3, 0.4) is 0 Å². The molecule has 1 nitrogen and oxygen atoms in total. The summed E-state index contributed by atoms with van der Waals surface area (Å²) in [6, 6.07) is 4.08. The van der Waals surface area contributed by atoms with Crippen LogP contribution in [-0.4, -0.2) is 0 Å². The zero-order valence-corrected chi connectivity index (χ0v) is 9.91. The van der Waals surface area contributed by atoms with Crippen LogP contribution in [0.15, 0.2) is 22.4 Å². The van der Waals surface area contributed by atoms with Crippen molar-refractivity contribution >= 4 is 62.3 Å². The van der Waals surface area contributed by atoms with E-state index in [1.165, 1.54) is 8.27 Å². The Morgan fingerprint density at radius 3 is 2.92 bits per heavy atom. The zero-order chi connectivity index (χ0) is 8.72. The van der Waals surface area contributed by atoms with Gasteiger partial charge in [-0.1, -0.05) is 6.07 Å². The first kappa shape index (κ1) is 8.65. The lowest BCUT2D eigenvalue weighted by Crippen LogP contribution is -1.81. The maximum Gasteiger partial charge on any atom is 0.0508 e. The van der Waals surface area contributed by atoms with Gasteiger partial charge in [0.25, 0.3) is 0 Å². The summed E-state index contributed by atoms with van der Waals surface area (Å²) in [4.78, 5) is 1.04. The van der Waals surface area contributed by atoms with Gasteiger partial charge in [0.15, 0.2) is 0 Å². The fourth-order valence-corrected chi connectivity index (χ4v) is 2.97. The van der Waals surface area contributed by atoms with Crippen LogP contribution in [0.4, 0.5) is 5.69 Å². The van der Waals surface area contributed by atoms with Crippen LogP contribution in [0, 0.1) is 3.57 Å². The molecule has 0 aliphatic heterocycles. The molecular formula is C8H6INS2. The fraction of sp³-hybridized carbons (Fsp3) is 0. The number of nitrogens with two attached hydrogens (primary N) is 1. The van der Waals surface area contributed by atoms with Crippen molar-refractivity contribution in [1.82, 2.24) is 0 Å². The van der Waals surface area contributed by atoms with Crippen LogP contribution in [0.5, 0.6) is 0 Å². The number of nitrogen functional groups attached to an aromatic ring is 1. The van der Waals surface area contributed by atoms with Crippen molar-refractivity contribution < 1.29 is 0 Å². The molecule has 4 heteroatoms. The third kappa shape index (κ3) is 1.22. The number of rotatable bonds is 0. The average molecular weight is 307 g/mol. The number of benzene rings is 1. The SMILES string of the molecule is Nc1csc2c(S)c(I)ccc12. The van der Waals surface area contributed by atoms with Gasteiger partial charge in [0.05, 0.1) is 10.4 Å². The second-order valence-corrected chi connectivity index (χ2v) is 4.95. The van der Waals surface area contributed by atoms with Crippen molar-refractivity contribution in [2.75, 3.05) is 5.73 Å². The molecule has 1 aromatic heterocycles. The van der Waals surface area contributed by atoms with Crippen LogP contribution in [0.2, 0.25) is 0 Å². The number of halogens is 1. The highest BCUT2D eigenvalue weighted by molar-refractivity contribution is 14.1. The molecule has 0 unspecified atom stereocenters. The van der Waals surface area contributed by atoms with E-state index < -0.39 is 0 Å². The van der Waals surface area contributed by atoms with E-state index >= 15 is 0 Å². The summed E-state index contributed by atoms with van der Waals surface area (Å²) >= 11 is 8.34. The average Bonchev–Trinajstić information content (AvgIpc) is 2.41. The number of hydrogen-bond acceptors (Lipinski definition) is 3. The largest absolute Gasteiger partial charge is 0.398 e. The van der Waals surface area contributed by atoms with Crippen molar-refractivity contribution in [3.05, 3.63) is 21.1 Å². The first-order valence-corrected chi connectivity index (χ1v) is 5.75. The highest BCUT2D eigenvalue weighted by Crippen LogP contribution is 2.35. The molecule has 0 spiro atoms. The molecule has 0 bridgehead atoms. The highest BCUT2D eigenvalue weighted by Gasteiger charge is 2.05. The van der Waals surface area contributed by atoms with Gasteiger partial charge in [-0.3, -0.25) is 0 Å². The molecule has 0 saturated carbocycles. The lowest BCUT2D eigenvalue weighted by atomic mass is 10.2. The lowest BCUT2D eigenvalue weighted by molar-refractivity contribution is 1.52. The van der Waals surface area contributed by atoms with Crippen LogP contribution < -0.4 is 5.73 Å². The van der Waals surface area contributed by atoms with Crippen molar-refractivity contribution in [1.29, 1.82) is 0 Å². The standard InChI is InChI=1S/C8H6INS2/c9-5-2-1-4-6(10)3-12-8(4)7(5)11/h1-3,11H,10H2. The highest BCUT2D eigenvalue weighted by atomic mass is 127.